The summed E-state index contributed by atoms with van der Waals surface area (Å²) in [5, 5.41) is 28.2. The van der Waals surface area contributed by atoms with Crippen LogP contribution in [0.4, 0.5) is 0 Å². The van der Waals surface area contributed by atoms with Crippen LogP contribution in [-0.4, -0.2) is 128 Å². The normalized spacial score (nSPS) is 17.4. The lowest BCUT2D eigenvalue weighted by Crippen LogP contribution is -2.47. The summed E-state index contributed by atoms with van der Waals surface area (Å²) < 4.78 is 0.729. The molecule has 38 heavy (non-hydrogen) atoms. The number of carboxylic acids is 3. The molecule has 2 aromatic heterocycles. The first-order valence-electron chi connectivity index (χ1n) is 12.3. The number of aliphatic carboxylic acids is 2. The summed E-state index contributed by atoms with van der Waals surface area (Å²) in [7, 11) is 0. The second kappa shape index (κ2) is 14.8. The zero-order chi connectivity index (χ0) is 27.5. The van der Waals surface area contributed by atoms with E-state index < -0.39 is 17.9 Å². The Balaban J connectivity index is 1.77. The second-order valence-electron chi connectivity index (χ2n) is 9.16. The van der Waals surface area contributed by atoms with Crippen LogP contribution in [0.1, 0.15) is 21.9 Å². The lowest BCUT2D eigenvalue weighted by Gasteiger charge is -2.33. The van der Waals surface area contributed by atoms with E-state index in [-0.39, 0.29) is 18.8 Å². The molecule has 1 saturated heterocycles. The number of carbonyl (C=O) groups is 3. The number of pyridine rings is 2. The molecule has 0 saturated carbocycles. The average molecular weight is 593 g/mol. The Bertz CT molecular complexity index is 1070. The molecule has 13 heteroatoms. The predicted molar refractivity (Wildman–Crippen MR) is 142 cm³/mol. The highest BCUT2D eigenvalue weighted by Gasteiger charge is 2.20. The summed E-state index contributed by atoms with van der Waals surface area (Å²) in [4.78, 5) is 51.2. The SMILES string of the molecule is O=C(O)CN1CCN(Cc2cccc(Br)n2)CCN(CC(=O)O)CCN(Cc2cccc(C(=O)O)n2)CC1. The molecule has 3 rings (SSSR count). The number of aromatic carboxylic acids is 1. The van der Waals surface area contributed by atoms with Crippen LogP contribution in [0.15, 0.2) is 41.0 Å². The quantitative estimate of drug-likeness (QED) is 0.357. The Labute approximate surface area is 229 Å². The summed E-state index contributed by atoms with van der Waals surface area (Å²) in [6.45, 7) is 4.90. The number of nitrogens with zero attached hydrogens (tertiary/aromatic N) is 6. The van der Waals surface area contributed by atoms with Crippen LogP contribution in [-0.2, 0) is 22.7 Å². The van der Waals surface area contributed by atoms with Crippen molar-refractivity contribution in [3.8, 4) is 0 Å². The number of hydrogen-bond donors (Lipinski definition) is 3. The van der Waals surface area contributed by atoms with Crippen LogP contribution in [0, 0.1) is 0 Å². The van der Waals surface area contributed by atoms with Gasteiger partial charge in [-0.15, -0.1) is 0 Å². The Kier molecular flexibility index (Phi) is 11.5. The highest BCUT2D eigenvalue weighted by Crippen LogP contribution is 2.11. The Morgan fingerprint density at radius 3 is 1.50 bits per heavy atom. The monoisotopic (exact) mass is 592 g/mol. The van der Waals surface area contributed by atoms with Gasteiger partial charge in [0.2, 0.25) is 0 Å². The van der Waals surface area contributed by atoms with Crippen LogP contribution < -0.4 is 0 Å². The molecule has 3 N–H and O–H groups in total. The molecule has 12 nitrogen and oxygen atoms in total. The molecule has 2 aromatic rings. The largest absolute Gasteiger partial charge is 0.480 e. The molecule has 1 aliphatic rings. The van der Waals surface area contributed by atoms with Gasteiger partial charge in [-0.05, 0) is 40.2 Å². The summed E-state index contributed by atoms with van der Waals surface area (Å²) in [6, 6.07) is 10.5. The van der Waals surface area contributed by atoms with E-state index in [9.17, 15) is 29.7 Å². The highest BCUT2D eigenvalue weighted by atomic mass is 79.9. The molecule has 0 bridgehead atoms. The van der Waals surface area contributed by atoms with E-state index >= 15 is 0 Å². The van der Waals surface area contributed by atoms with Gasteiger partial charge in [0, 0.05) is 65.4 Å². The van der Waals surface area contributed by atoms with Crippen molar-refractivity contribution in [3.05, 3.63) is 58.1 Å². The minimum absolute atomic E-state index is 0.0445. The summed E-state index contributed by atoms with van der Waals surface area (Å²) in [5.41, 5.74) is 1.40. The molecule has 0 aromatic carbocycles. The maximum atomic E-state index is 11.6. The van der Waals surface area contributed by atoms with Crippen LogP contribution in [0.25, 0.3) is 0 Å². The van der Waals surface area contributed by atoms with Crippen molar-refractivity contribution in [2.75, 3.05) is 65.4 Å². The van der Waals surface area contributed by atoms with Crippen molar-refractivity contribution in [1.82, 2.24) is 29.6 Å². The second-order valence-corrected chi connectivity index (χ2v) is 9.98. The van der Waals surface area contributed by atoms with Crippen molar-refractivity contribution in [1.29, 1.82) is 0 Å². The van der Waals surface area contributed by atoms with Gasteiger partial charge in [0.05, 0.1) is 24.5 Å². The third-order valence-electron chi connectivity index (χ3n) is 6.22. The molecule has 0 spiro atoms. The van der Waals surface area contributed by atoms with Crippen molar-refractivity contribution in [3.63, 3.8) is 0 Å². The summed E-state index contributed by atoms with van der Waals surface area (Å²) in [5.74, 6) is -2.93. The van der Waals surface area contributed by atoms with Crippen molar-refractivity contribution >= 4 is 33.8 Å². The fourth-order valence-electron chi connectivity index (χ4n) is 4.28. The van der Waals surface area contributed by atoms with Crippen molar-refractivity contribution in [2.24, 2.45) is 0 Å². The Morgan fingerprint density at radius 1 is 0.658 bits per heavy atom. The highest BCUT2D eigenvalue weighted by molar-refractivity contribution is 9.10. The van der Waals surface area contributed by atoms with Gasteiger partial charge in [0.15, 0.2) is 0 Å². The smallest absolute Gasteiger partial charge is 0.354 e. The van der Waals surface area contributed by atoms with E-state index in [1.165, 1.54) is 6.07 Å². The van der Waals surface area contributed by atoms with Crippen molar-refractivity contribution in [2.45, 2.75) is 13.1 Å². The van der Waals surface area contributed by atoms with Gasteiger partial charge in [0.1, 0.15) is 10.3 Å². The number of halogens is 1. The fourth-order valence-corrected chi connectivity index (χ4v) is 4.66. The van der Waals surface area contributed by atoms with Gasteiger partial charge >= 0.3 is 17.9 Å². The minimum atomic E-state index is -1.11. The zero-order valence-electron chi connectivity index (χ0n) is 21.1. The topological polar surface area (TPSA) is 151 Å². The summed E-state index contributed by atoms with van der Waals surface area (Å²) >= 11 is 3.40. The van der Waals surface area contributed by atoms with E-state index in [0.29, 0.717) is 71.1 Å². The maximum absolute atomic E-state index is 11.6. The number of aromatic nitrogens is 2. The molecule has 0 atom stereocenters. The van der Waals surface area contributed by atoms with E-state index in [1.807, 2.05) is 28.0 Å². The van der Waals surface area contributed by atoms with Gasteiger partial charge in [0.25, 0.3) is 0 Å². The molecule has 3 heterocycles. The number of carboxylic acid groups (broad SMARTS) is 3. The lowest BCUT2D eigenvalue weighted by atomic mass is 10.2. The van der Waals surface area contributed by atoms with E-state index in [0.717, 1.165) is 10.3 Å². The molecule has 1 fully saturated rings. The van der Waals surface area contributed by atoms with Gasteiger partial charge < -0.3 is 15.3 Å². The Morgan fingerprint density at radius 2 is 1.08 bits per heavy atom. The van der Waals surface area contributed by atoms with Gasteiger partial charge in [-0.2, -0.15) is 0 Å². The van der Waals surface area contributed by atoms with Crippen LogP contribution in [0.5, 0.6) is 0 Å². The van der Waals surface area contributed by atoms with Gasteiger partial charge in [-0.1, -0.05) is 12.1 Å². The van der Waals surface area contributed by atoms with Gasteiger partial charge in [-0.25, -0.2) is 14.8 Å². The standard InChI is InChI=1S/C25H33BrN6O6/c26-22-6-2-4-20(28-22)16-30-9-13-31(17-23(33)34)11-7-29(8-12-32(14-10-30)18-24(35)36)15-19-3-1-5-21(27-19)25(37)38/h1-6H,7-18H2,(H,33,34)(H,35,36)(H,37,38). The first-order valence-corrected chi connectivity index (χ1v) is 13.1. The molecule has 1 aliphatic heterocycles. The molecule has 0 unspecified atom stereocenters. The Hall–Kier alpha value is -2.97. The number of hydrogen-bond acceptors (Lipinski definition) is 9. The molecule has 206 valence electrons. The molecular formula is C25H33BrN6O6. The number of rotatable bonds is 9. The van der Waals surface area contributed by atoms with Crippen LogP contribution in [0.2, 0.25) is 0 Å². The van der Waals surface area contributed by atoms with E-state index in [1.54, 1.807) is 12.1 Å². The third kappa shape index (κ3) is 10.4. The van der Waals surface area contributed by atoms with Crippen LogP contribution in [0.3, 0.4) is 0 Å². The lowest BCUT2D eigenvalue weighted by molar-refractivity contribution is -0.139. The minimum Gasteiger partial charge on any atom is -0.480 e. The van der Waals surface area contributed by atoms with E-state index in [4.69, 9.17) is 0 Å². The maximum Gasteiger partial charge on any atom is 0.354 e. The molecule has 0 aliphatic carbocycles. The molecule has 0 radical (unpaired) electrons. The van der Waals surface area contributed by atoms with Gasteiger partial charge in [-0.3, -0.25) is 29.2 Å². The third-order valence-corrected chi connectivity index (χ3v) is 6.66. The van der Waals surface area contributed by atoms with E-state index in [2.05, 4.69) is 35.7 Å². The average Bonchev–Trinajstić information content (AvgIpc) is 2.85. The fraction of sp³-hybridized carbons (Fsp3) is 0.480. The van der Waals surface area contributed by atoms with Crippen LogP contribution >= 0.6 is 15.9 Å². The summed E-state index contributed by atoms with van der Waals surface area (Å²) in [6.07, 6.45) is 0. The molecule has 0 amide bonds. The molecular weight excluding hydrogens is 560 g/mol. The first-order chi connectivity index (χ1) is 18.2. The predicted octanol–water partition coefficient (Wildman–Crippen LogP) is 1.03. The first kappa shape index (κ1) is 29.6. The van der Waals surface area contributed by atoms with Crippen molar-refractivity contribution < 1.29 is 29.7 Å². The zero-order valence-corrected chi connectivity index (χ0v) is 22.7.